The molecule has 1 aliphatic rings. The van der Waals surface area contributed by atoms with Crippen molar-refractivity contribution in [1.29, 1.82) is 0 Å². The SMILES string of the molecule is O=C1OC(Br)(I)c2ccccc21. The summed E-state index contributed by atoms with van der Waals surface area (Å²) in [6.07, 6.45) is 0. The van der Waals surface area contributed by atoms with Gasteiger partial charge < -0.3 is 4.74 Å². The number of halogens is 2. The Morgan fingerprint density at radius 3 is 2.75 bits per heavy atom. The molecule has 2 nitrogen and oxygen atoms in total. The van der Waals surface area contributed by atoms with E-state index in [0.29, 0.717) is 5.56 Å². The number of rotatable bonds is 0. The maximum atomic E-state index is 11.2. The van der Waals surface area contributed by atoms with E-state index in [1.807, 2.05) is 40.8 Å². The third kappa shape index (κ3) is 1.17. The van der Waals surface area contributed by atoms with Gasteiger partial charge in [-0.15, -0.1) is 0 Å². The van der Waals surface area contributed by atoms with Crippen molar-refractivity contribution < 1.29 is 9.53 Å². The van der Waals surface area contributed by atoms with Crippen molar-refractivity contribution >= 4 is 44.5 Å². The van der Waals surface area contributed by atoms with Crippen molar-refractivity contribution in [3.8, 4) is 0 Å². The number of hydrogen-bond donors (Lipinski definition) is 0. The summed E-state index contributed by atoms with van der Waals surface area (Å²) >= 11 is 5.37. The van der Waals surface area contributed by atoms with Crippen molar-refractivity contribution in [2.24, 2.45) is 0 Å². The summed E-state index contributed by atoms with van der Waals surface area (Å²) in [5.74, 6) is -0.267. The number of hydrogen-bond acceptors (Lipinski definition) is 2. The number of carbonyl (C=O) groups excluding carboxylic acids is 1. The number of ether oxygens (including phenoxy) is 1. The molecule has 1 unspecified atom stereocenters. The largest absolute Gasteiger partial charge is 0.430 e. The quantitative estimate of drug-likeness (QED) is 0.413. The Hall–Kier alpha value is -0.100. The fourth-order valence-corrected chi connectivity index (χ4v) is 2.30. The number of benzene rings is 1. The number of fused-ring (bicyclic) bond motifs is 1. The summed E-state index contributed by atoms with van der Waals surface area (Å²) in [7, 11) is 0. The Morgan fingerprint density at radius 2 is 2.08 bits per heavy atom. The van der Waals surface area contributed by atoms with Crippen LogP contribution in [0.2, 0.25) is 0 Å². The molecule has 1 atom stereocenters. The third-order valence-electron chi connectivity index (χ3n) is 1.68. The molecule has 1 aromatic rings. The molecule has 0 fully saturated rings. The van der Waals surface area contributed by atoms with Gasteiger partial charge in [0.15, 0.2) is 0 Å². The second-order valence-corrected chi connectivity index (χ2v) is 6.57. The van der Waals surface area contributed by atoms with Crippen LogP contribution >= 0.6 is 38.5 Å². The zero-order chi connectivity index (χ0) is 8.77. The summed E-state index contributed by atoms with van der Waals surface area (Å²) < 4.78 is 4.42. The van der Waals surface area contributed by atoms with E-state index in [1.165, 1.54) is 0 Å². The molecule has 1 aromatic carbocycles. The van der Waals surface area contributed by atoms with Crippen molar-refractivity contribution in [1.82, 2.24) is 0 Å². The van der Waals surface area contributed by atoms with Crippen LogP contribution in [-0.2, 0) is 7.25 Å². The van der Waals surface area contributed by atoms with Crippen molar-refractivity contribution in [2.45, 2.75) is 2.52 Å². The van der Waals surface area contributed by atoms with Crippen LogP contribution < -0.4 is 0 Å². The molecule has 0 amide bonds. The van der Waals surface area contributed by atoms with Crippen molar-refractivity contribution in [2.75, 3.05) is 0 Å². The second kappa shape index (κ2) is 2.70. The molecule has 0 spiro atoms. The minimum Gasteiger partial charge on any atom is -0.430 e. The fourth-order valence-electron chi connectivity index (χ4n) is 1.14. The lowest BCUT2D eigenvalue weighted by atomic mass is 10.1. The zero-order valence-electron chi connectivity index (χ0n) is 5.88. The molecular weight excluding hydrogens is 335 g/mol. The topological polar surface area (TPSA) is 26.3 Å². The van der Waals surface area contributed by atoms with E-state index in [1.54, 1.807) is 6.07 Å². The highest BCUT2D eigenvalue weighted by Crippen LogP contribution is 2.46. The van der Waals surface area contributed by atoms with Gasteiger partial charge in [-0.05, 0) is 44.6 Å². The smallest absolute Gasteiger partial charge is 0.340 e. The average molecular weight is 339 g/mol. The summed E-state index contributed by atoms with van der Waals surface area (Å²) in [4.78, 5) is 11.2. The minimum absolute atomic E-state index is 0.267. The van der Waals surface area contributed by atoms with Crippen LogP contribution in [0.15, 0.2) is 24.3 Å². The first-order valence-electron chi connectivity index (χ1n) is 3.32. The summed E-state index contributed by atoms with van der Waals surface area (Å²) in [6.45, 7) is 0. The lowest BCUT2D eigenvalue weighted by molar-refractivity contribution is 0.0507. The lowest BCUT2D eigenvalue weighted by Gasteiger charge is -2.11. The average Bonchev–Trinajstić information content (AvgIpc) is 2.25. The van der Waals surface area contributed by atoms with Crippen LogP contribution in [0.4, 0.5) is 0 Å². The fraction of sp³-hybridized carbons (Fsp3) is 0.125. The molecule has 0 saturated heterocycles. The van der Waals surface area contributed by atoms with Gasteiger partial charge in [0.05, 0.1) is 5.56 Å². The van der Waals surface area contributed by atoms with Crippen LogP contribution in [0.5, 0.6) is 0 Å². The van der Waals surface area contributed by atoms with E-state index < -0.39 is 2.52 Å². The number of esters is 1. The van der Waals surface area contributed by atoms with Gasteiger partial charge in [-0.1, -0.05) is 18.2 Å². The van der Waals surface area contributed by atoms with E-state index in [-0.39, 0.29) is 5.97 Å². The maximum absolute atomic E-state index is 11.2. The van der Waals surface area contributed by atoms with Crippen LogP contribution in [0.1, 0.15) is 15.9 Å². The molecular formula is C8H4BrIO2. The minimum atomic E-state index is -0.668. The van der Waals surface area contributed by atoms with Gasteiger partial charge in [0.1, 0.15) is 0 Å². The van der Waals surface area contributed by atoms with Gasteiger partial charge >= 0.3 is 5.97 Å². The molecule has 1 aliphatic heterocycles. The van der Waals surface area contributed by atoms with E-state index in [2.05, 4.69) is 15.9 Å². The number of cyclic esters (lactones) is 1. The van der Waals surface area contributed by atoms with Gasteiger partial charge in [-0.3, -0.25) is 0 Å². The standard InChI is InChI=1S/C8H4BrIO2/c9-8(10)6-4-2-1-3-5(6)7(11)12-8/h1-4H. The molecule has 0 saturated carbocycles. The molecule has 0 aromatic heterocycles. The highest BCUT2D eigenvalue weighted by atomic mass is 127. The Kier molecular flexibility index (Phi) is 1.91. The maximum Gasteiger partial charge on any atom is 0.340 e. The molecule has 0 bridgehead atoms. The molecule has 62 valence electrons. The number of carbonyl (C=O) groups is 1. The van der Waals surface area contributed by atoms with Gasteiger partial charge in [-0.2, -0.15) is 0 Å². The Balaban J connectivity index is 2.66. The Morgan fingerprint density at radius 1 is 1.42 bits per heavy atom. The predicted molar refractivity (Wildman–Crippen MR) is 56.5 cm³/mol. The first kappa shape index (κ1) is 8.50. The highest BCUT2D eigenvalue weighted by molar-refractivity contribution is 14.1. The summed E-state index contributed by atoms with van der Waals surface area (Å²) in [6, 6.07) is 7.35. The first-order chi connectivity index (χ1) is 5.61. The van der Waals surface area contributed by atoms with Gasteiger partial charge in [0.2, 0.25) is 2.52 Å². The first-order valence-corrected chi connectivity index (χ1v) is 5.19. The second-order valence-electron chi connectivity index (χ2n) is 2.45. The lowest BCUT2D eigenvalue weighted by Crippen LogP contribution is -2.06. The van der Waals surface area contributed by atoms with Gasteiger partial charge in [-0.25, -0.2) is 4.79 Å². The third-order valence-corrected chi connectivity index (χ3v) is 3.07. The van der Waals surface area contributed by atoms with E-state index in [0.717, 1.165) is 5.56 Å². The van der Waals surface area contributed by atoms with Crippen LogP contribution in [-0.4, -0.2) is 5.97 Å². The molecule has 0 radical (unpaired) electrons. The number of alkyl halides is 2. The van der Waals surface area contributed by atoms with Crippen LogP contribution in [0, 0.1) is 0 Å². The highest BCUT2D eigenvalue weighted by Gasteiger charge is 2.40. The molecule has 2 rings (SSSR count). The normalized spacial score (nSPS) is 26.7. The Bertz CT molecular complexity index is 349. The van der Waals surface area contributed by atoms with Crippen molar-refractivity contribution in [3.63, 3.8) is 0 Å². The zero-order valence-corrected chi connectivity index (χ0v) is 9.63. The van der Waals surface area contributed by atoms with E-state index in [4.69, 9.17) is 4.74 Å². The molecule has 12 heavy (non-hydrogen) atoms. The van der Waals surface area contributed by atoms with Crippen LogP contribution in [0.25, 0.3) is 0 Å². The molecule has 0 N–H and O–H groups in total. The summed E-state index contributed by atoms with van der Waals surface area (Å²) in [5, 5.41) is 0. The van der Waals surface area contributed by atoms with Crippen LogP contribution in [0.3, 0.4) is 0 Å². The molecule has 4 heteroatoms. The van der Waals surface area contributed by atoms with E-state index >= 15 is 0 Å². The van der Waals surface area contributed by atoms with Gasteiger partial charge in [0, 0.05) is 5.56 Å². The monoisotopic (exact) mass is 338 g/mol. The molecule has 1 heterocycles. The van der Waals surface area contributed by atoms with Crippen molar-refractivity contribution in [3.05, 3.63) is 35.4 Å². The van der Waals surface area contributed by atoms with Gasteiger partial charge in [0.25, 0.3) is 0 Å². The summed E-state index contributed by atoms with van der Waals surface area (Å²) in [5.41, 5.74) is 1.53. The Labute approximate surface area is 91.6 Å². The molecule has 0 aliphatic carbocycles. The van der Waals surface area contributed by atoms with E-state index in [9.17, 15) is 4.79 Å². The predicted octanol–water partition coefficient (Wildman–Crippen LogP) is 2.80.